The number of likely N-dealkylation sites (tertiary alicyclic amines) is 1. The molecule has 0 spiro atoms. The molecule has 0 radical (unpaired) electrons. The van der Waals surface area contributed by atoms with Crippen molar-refractivity contribution in [1.82, 2.24) is 4.90 Å². The summed E-state index contributed by atoms with van der Waals surface area (Å²) >= 11 is 3.47. The highest BCUT2D eigenvalue weighted by atomic mass is 79.9. The van der Waals surface area contributed by atoms with Gasteiger partial charge in [0.15, 0.2) is 0 Å². The summed E-state index contributed by atoms with van der Waals surface area (Å²) < 4.78 is 10.7. The third-order valence-electron chi connectivity index (χ3n) is 3.37. The standard InChI is InChI=1S/C17H22BrNO4/c1-17(2,3)23-16(21)19-10-13(18)9-14(19)15(20)22-11-12-7-5-4-6-8-12/h4-8,13-14H,9-11H2,1-3H3/t13-,14-/m0/s1. The summed E-state index contributed by atoms with van der Waals surface area (Å²) in [5.41, 5.74) is 0.318. The number of carbonyl (C=O) groups is 2. The predicted molar refractivity (Wildman–Crippen MR) is 90.3 cm³/mol. The van der Waals surface area contributed by atoms with Crippen LogP contribution in [0, 0.1) is 0 Å². The van der Waals surface area contributed by atoms with E-state index < -0.39 is 23.7 Å². The molecule has 0 saturated carbocycles. The first kappa shape index (κ1) is 17.8. The van der Waals surface area contributed by atoms with Crippen LogP contribution in [0.2, 0.25) is 0 Å². The van der Waals surface area contributed by atoms with Crippen molar-refractivity contribution in [3.8, 4) is 0 Å². The van der Waals surface area contributed by atoms with Crippen LogP contribution in [-0.4, -0.2) is 40.0 Å². The Labute approximate surface area is 145 Å². The molecule has 2 rings (SSSR count). The molecule has 1 aromatic carbocycles. The molecule has 0 aromatic heterocycles. The van der Waals surface area contributed by atoms with Crippen molar-refractivity contribution >= 4 is 28.0 Å². The normalized spacial score (nSPS) is 21.1. The van der Waals surface area contributed by atoms with Crippen LogP contribution in [0.15, 0.2) is 30.3 Å². The number of hydrogen-bond acceptors (Lipinski definition) is 4. The van der Waals surface area contributed by atoms with Crippen LogP contribution in [-0.2, 0) is 20.9 Å². The Hall–Kier alpha value is -1.56. The van der Waals surface area contributed by atoms with Crippen molar-refractivity contribution in [3.05, 3.63) is 35.9 Å². The highest BCUT2D eigenvalue weighted by Gasteiger charge is 2.41. The van der Waals surface area contributed by atoms with Gasteiger partial charge in [-0.3, -0.25) is 4.90 Å². The van der Waals surface area contributed by atoms with Crippen molar-refractivity contribution in [2.24, 2.45) is 0 Å². The molecule has 0 N–H and O–H groups in total. The average molecular weight is 384 g/mol. The van der Waals surface area contributed by atoms with Crippen LogP contribution in [0.25, 0.3) is 0 Å². The molecule has 23 heavy (non-hydrogen) atoms. The summed E-state index contributed by atoms with van der Waals surface area (Å²) in [5, 5.41) is 0. The van der Waals surface area contributed by atoms with Crippen LogP contribution in [0.3, 0.4) is 0 Å². The molecule has 2 atom stereocenters. The summed E-state index contributed by atoms with van der Waals surface area (Å²) in [6, 6.07) is 8.85. The molecular formula is C17H22BrNO4. The van der Waals surface area contributed by atoms with Gasteiger partial charge in [0.1, 0.15) is 18.2 Å². The van der Waals surface area contributed by atoms with Gasteiger partial charge in [-0.05, 0) is 32.8 Å². The molecule has 1 aromatic rings. The van der Waals surface area contributed by atoms with E-state index in [-0.39, 0.29) is 11.4 Å². The lowest BCUT2D eigenvalue weighted by atomic mass is 10.2. The smallest absolute Gasteiger partial charge is 0.411 e. The first-order chi connectivity index (χ1) is 10.8. The van der Waals surface area contributed by atoms with E-state index in [9.17, 15) is 9.59 Å². The van der Waals surface area contributed by atoms with Gasteiger partial charge in [0.25, 0.3) is 0 Å². The summed E-state index contributed by atoms with van der Waals surface area (Å²) in [6.07, 6.45) is 0.0356. The lowest BCUT2D eigenvalue weighted by Crippen LogP contribution is -2.44. The zero-order valence-electron chi connectivity index (χ0n) is 13.6. The van der Waals surface area contributed by atoms with Crippen molar-refractivity contribution < 1.29 is 19.1 Å². The lowest BCUT2D eigenvalue weighted by Gasteiger charge is -2.27. The van der Waals surface area contributed by atoms with Crippen LogP contribution < -0.4 is 0 Å². The maximum absolute atomic E-state index is 12.4. The number of hydrogen-bond donors (Lipinski definition) is 0. The van der Waals surface area contributed by atoms with Gasteiger partial charge in [-0.1, -0.05) is 46.3 Å². The molecular weight excluding hydrogens is 362 g/mol. The maximum atomic E-state index is 12.4. The van der Waals surface area contributed by atoms with E-state index in [1.807, 2.05) is 30.3 Å². The Morgan fingerprint density at radius 2 is 1.91 bits per heavy atom. The largest absolute Gasteiger partial charge is 0.459 e. The predicted octanol–water partition coefficient (Wildman–Crippen LogP) is 3.50. The number of halogens is 1. The van der Waals surface area contributed by atoms with Gasteiger partial charge >= 0.3 is 12.1 Å². The second-order valence-electron chi connectivity index (χ2n) is 6.57. The Morgan fingerprint density at radius 3 is 2.52 bits per heavy atom. The number of carbonyl (C=O) groups excluding carboxylic acids is 2. The van der Waals surface area contributed by atoms with Crippen LogP contribution in [0.1, 0.15) is 32.8 Å². The van der Waals surface area contributed by atoms with E-state index in [4.69, 9.17) is 9.47 Å². The molecule has 6 heteroatoms. The Kier molecular flexibility index (Phi) is 5.68. The third kappa shape index (κ3) is 5.23. The zero-order chi connectivity index (χ0) is 17.0. The second kappa shape index (κ2) is 7.34. The summed E-state index contributed by atoms with van der Waals surface area (Å²) in [5.74, 6) is -0.401. The number of amides is 1. The number of nitrogens with zero attached hydrogens (tertiary/aromatic N) is 1. The number of esters is 1. The lowest BCUT2D eigenvalue weighted by molar-refractivity contribution is -0.150. The number of alkyl halides is 1. The zero-order valence-corrected chi connectivity index (χ0v) is 15.2. The van der Waals surface area contributed by atoms with Gasteiger partial charge < -0.3 is 9.47 Å². The minimum atomic E-state index is -0.613. The van der Waals surface area contributed by atoms with Crippen molar-refractivity contribution in [2.75, 3.05) is 6.54 Å². The fraction of sp³-hybridized carbons (Fsp3) is 0.529. The Balaban J connectivity index is 1.98. The van der Waals surface area contributed by atoms with Gasteiger partial charge in [-0.15, -0.1) is 0 Å². The molecule has 0 unspecified atom stereocenters. The fourth-order valence-electron chi connectivity index (χ4n) is 2.36. The Morgan fingerprint density at radius 1 is 1.26 bits per heavy atom. The number of rotatable bonds is 3. The van der Waals surface area contributed by atoms with Gasteiger partial charge in [-0.2, -0.15) is 0 Å². The molecule has 0 aliphatic carbocycles. The minimum absolute atomic E-state index is 0.0595. The van der Waals surface area contributed by atoms with Gasteiger partial charge in [0.05, 0.1) is 0 Å². The van der Waals surface area contributed by atoms with Crippen molar-refractivity contribution in [1.29, 1.82) is 0 Å². The van der Waals surface area contributed by atoms with E-state index in [2.05, 4.69) is 15.9 Å². The minimum Gasteiger partial charge on any atom is -0.459 e. The van der Waals surface area contributed by atoms with Crippen molar-refractivity contribution in [3.63, 3.8) is 0 Å². The quantitative estimate of drug-likeness (QED) is 0.591. The van der Waals surface area contributed by atoms with E-state index in [0.717, 1.165) is 5.56 Å². The SMILES string of the molecule is CC(C)(C)OC(=O)N1C[C@@H](Br)C[C@H]1C(=O)OCc1ccccc1. The fourth-order valence-corrected chi connectivity index (χ4v) is 3.02. The maximum Gasteiger partial charge on any atom is 0.411 e. The van der Waals surface area contributed by atoms with Gasteiger partial charge in [-0.25, -0.2) is 9.59 Å². The Bertz CT molecular complexity index is 555. The van der Waals surface area contributed by atoms with E-state index in [1.54, 1.807) is 20.8 Å². The molecule has 126 valence electrons. The average Bonchev–Trinajstić information content (AvgIpc) is 2.86. The topological polar surface area (TPSA) is 55.8 Å². The van der Waals surface area contributed by atoms with E-state index in [1.165, 1.54) is 4.90 Å². The molecule has 1 saturated heterocycles. The van der Waals surface area contributed by atoms with Crippen LogP contribution >= 0.6 is 15.9 Å². The summed E-state index contributed by atoms with van der Waals surface area (Å²) in [4.78, 5) is 26.1. The molecule has 5 nitrogen and oxygen atoms in total. The first-order valence-electron chi connectivity index (χ1n) is 7.60. The van der Waals surface area contributed by atoms with Gasteiger partial charge in [0.2, 0.25) is 0 Å². The second-order valence-corrected chi connectivity index (χ2v) is 7.87. The third-order valence-corrected chi connectivity index (χ3v) is 4.04. The van der Waals surface area contributed by atoms with Gasteiger partial charge in [0, 0.05) is 11.4 Å². The van der Waals surface area contributed by atoms with Crippen LogP contribution in [0.5, 0.6) is 0 Å². The number of ether oxygens (including phenoxy) is 2. The molecule has 1 fully saturated rings. The molecule has 1 aliphatic heterocycles. The summed E-state index contributed by atoms with van der Waals surface area (Å²) in [7, 11) is 0. The highest BCUT2D eigenvalue weighted by molar-refractivity contribution is 9.09. The van der Waals surface area contributed by atoms with Crippen LogP contribution in [0.4, 0.5) is 4.79 Å². The molecule has 1 heterocycles. The molecule has 1 aliphatic rings. The van der Waals surface area contributed by atoms with E-state index in [0.29, 0.717) is 13.0 Å². The first-order valence-corrected chi connectivity index (χ1v) is 8.52. The highest BCUT2D eigenvalue weighted by Crippen LogP contribution is 2.26. The van der Waals surface area contributed by atoms with Crippen molar-refractivity contribution in [2.45, 2.75) is 50.3 Å². The summed E-state index contributed by atoms with van der Waals surface area (Å²) in [6.45, 7) is 6.03. The monoisotopic (exact) mass is 383 g/mol. The molecule has 0 bridgehead atoms. The molecule has 1 amide bonds. The van der Waals surface area contributed by atoms with E-state index >= 15 is 0 Å². The number of benzene rings is 1.